The Bertz CT molecular complexity index is 407. The molecule has 3 rings (SSSR count). The maximum absolute atomic E-state index is 12.6. The second-order valence-corrected chi connectivity index (χ2v) is 6.25. The van der Waals surface area contributed by atoms with Crippen LogP contribution in [0, 0.1) is 0 Å². The maximum Gasteiger partial charge on any atom is 0.242 e. The van der Waals surface area contributed by atoms with E-state index in [-0.39, 0.29) is 24.0 Å². The van der Waals surface area contributed by atoms with E-state index >= 15 is 0 Å². The first-order chi connectivity index (χ1) is 10.2. The summed E-state index contributed by atoms with van der Waals surface area (Å²) in [5, 5.41) is 3.26. The molecule has 21 heavy (non-hydrogen) atoms. The van der Waals surface area contributed by atoms with Gasteiger partial charge in [-0.1, -0.05) is 0 Å². The predicted octanol–water partition coefficient (Wildman–Crippen LogP) is -0.0233. The first-order valence-electron chi connectivity index (χ1n) is 8.10. The number of hydrogen-bond acceptors (Lipinski definition) is 4. The highest BCUT2D eigenvalue weighted by Crippen LogP contribution is 2.23. The Hall–Kier alpha value is -1.14. The van der Waals surface area contributed by atoms with Crippen molar-refractivity contribution in [1.82, 2.24) is 15.1 Å². The Morgan fingerprint density at radius 1 is 1.29 bits per heavy atom. The fourth-order valence-electron chi connectivity index (χ4n) is 3.66. The first-order valence-corrected chi connectivity index (χ1v) is 8.10. The molecule has 0 bridgehead atoms. The number of hydrogen-bond donors (Lipinski definition) is 1. The Balaban J connectivity index is 1.53. The Kier molecular flexibility index (Phi) is 4.45. The van der Waals surface area contributed by atoms with Gasteiger partial charge in [0.1, 0.15) is 6.04 Å². The van der Waals surface area contributed by atoms with Crippen molar-refractivity contribution < 1.29 is 14.3 Å². The number of nitrogens with one attached hydrogen (secondary N) is 1. The third-order valence-corrected chi connectivity index (χ3v) is 4.91. The SMILES string of the molecule is C[C@H]1OCCN[C@@H]1C(=O)N1CCC(N2CCCC2=O)CC1. The van der Waals surface area contributed by atoms with Gasteiger partial charge in [0.25, 0.3) is 0 Å². The molecule has 0 spiro atoms. The molecule has 2 amide bonds. The summed E-state index contributed by atoms with van der Waals surface area (Å²) in [6, 6.07) is 0.112. The number of amides is 2. The Labute approximate surface area is 125 Å². The van der Waals surface area contributed by atoms with Crippen molar-refractivity contribution in [3.63, 3.8) is 0 Å². The molecule has 0 aromatic rings. The van der Waals surface area contributed by atoms with E-state index in [9.17, 15) is 9.59 Å². The topological polar surface area (TPSA) is 61.9 Å². The molecule has 6 heteroatoms. The number of morpholine rings is 1. The minimum Gasteiger partial charge on any atom is -0.375 e. The highest BCUT2D eigenvalue weighted by atomic mass is 16.5. The smallest absolute Gasteiger partial charge is 0.242 e. The second kappa shape index (κ2) is 6.32. The van der Waals surface area contributed by atoms with Crippen molar-refractivity contribution in [1.29, 1.82) is 0 Å². The maximum atomic E-state index is 12.6. The molecular formula is C15H25N3O3. The lowest BCUT2D eigenvalue weighted by Gasteiger charge is -2.39. The number of nitrogens with zero attached hydrogens (tertiary/aromatic N) is 2. The molecule has 0 radical (unpaired) electrons. The van der Waals surface area contributed by atoms with Crippen molar-refractivity contribution in [2.45, 2.75) is 50.8 Å². The fourth-order valence-corrected chi connectivity index (χ4v) is 3.66. The zero-order valence-corrected chi connectivity index (χ0v) is 12.7. The number of carbonyl (C=O) groups is 2. The van der Waals surface area contributed by atoms with Gasteiger partial charge in [-0.2, -0.15) is 0 Å². The number of piperidine rings is 1. The van der Waals surface area contributed by atoms with E-state index in [4.69, 9.17) is 4.74 Å². The van der Waals surface area contributed by atoms with Crippen LogP contribution in [0.25, 0.3) is 0 Å². The molecular weight excluding hydrogens is 270 g/mol. The van der Waals surface area contributed by atoms with Gasteiger partial charge in [0.05, 0.1) is 12.7 Å². The zero-order valence-electron chi connectivity index (χ0n) is 12.7. The van der Waals surface area contributed by atoms with Gasteiger partial charge in [-0.3, -0.25) is 9.59 Å². The van der Waals surface area contributed by atoms with E-state index in [1.165, 1.54) is 0 Å². The average Bonchev–Trinajstić information content (AvgIpc) is 2.93. The van der Waals surface area contributed by atoms with E-state index in [1.54, 1.807) is 0 Å². The van der Waals surface area contributed by atoms with Gasteiger partial charge < -0.3 is 19.9 Å². The minimum absolute atomic E-state index is 0.0656. The van der Waals surface area contributed by atoms with Crippen LogP contribution in [0.2, 0.25) is 0 Å². The zero-order chi connectivity index (χ0) is 14.8. The van der Waals surface area contributed by atoms with Crippen LogP contribution in [0.4, 0.5) is 0 Å². The van der Waals surface area contributed by atoms with Gasteiger partial charge >= 0.3 is 0 Å². The minimum atomic E-state index is -0.219. The number of ether oxygens (including phenoxy) is 1. The van der Waals surface area contributed by atoms with Crippen LogP contribution in [0.15, 0.2) is 0 Å². The lowest BCUT2D eigenvalue weighted by Crippen LogP contribution is -2.58. The summed E-state index contributed by atoms with van der Waals surface area (Å²) in [6.45, 7) is 5.75. The molecule has 0 saturated carbocycles. The number of likely N-dealkylation sites (tertiary alicyclic amines) is 2. The highest BCUT2D eigenvalue weighted by Gasteiger charge is 2.36. The summed E-state index contributed by atoms with van der Waals surface area (Å²) in [4.78, 5) is 28.3. The molecule has 0 aromatic carbocycles. The molecule has 0 aliphatic carbocycles. The summed E-state index contributed by atoms with van der Waals surface area (Å²) < 4.78 is 5.56. The van der Waals surface area contributed by atoms with Crippen LogP contribution in [0.5, 0.6) is 0 Å². The molecule has 3 fully saturated rings. The van der Waals surface area contributed by atoms with Gasteiger partial charge in [-0.15, -0.1) is 0 Å². The molecule has 118 valence electrons. The molecule has 3 aliphatic rings. The van der Waals surface area contributed by atoms with E-state index in [0.717, 1.165) is 45.4 Å². The van der Waals surface area contributed by atoms with E-state index in [2.05, 4.69) is 5.32 Å². The van der Waals surface area contributed by atoms with Crippen molar-refractivity contribution in [2.75, 3.05) is 32.8 Å². The van der Waals surface area contributed by atoms with Crippen LogP contribution in [0.3, 0.4) is 0 Å². The third-order valence-electron chi connectivity index (χ3n) is 4.91. The fraction of sp³-hybridized carbons (Fsp3) is 0.867. The number of carbonyl (C=O) groups excluding carboxylic acids is 2. The summed E-state index contributed by atoms with van der Waals surface area (Å²) in [7, 11) is 0. The lowest BCUT2D eigenvalue weighted by atomic mass is 10.0. The quantitative estimate of drug-likeness (QED) is 0.777. The molecule has 2 atom stereocenters. The third kappa shape index (κ3) is 3.06. The number of rotatable bonds is 2. The highest BCUT2D eigenvalue weighted by molar-refractivity contribution is 5.83. The van der Waals surface area contributed by atoms with Crippen molar-refractivity contribution in [2.24, 2.45) is 0 Å². The lowest BCUT2D eigenvalue weighted by molar-refractivity contribution is -0.141. The average molecular weight is 295 g/mol. The molecule has 6 nitrogen and oxygen atoms in total. The standard InChI is InChI=1S/C15H25N3O3/c1-11-14(16-6-10-21-11)15(20)17-8-4-12(5-9-17)18-7-2-3-13(18)19/h11-12,14,16H,2-10H2,1H3/t11-,14+/m1/s1. The summed E-state index contributed by atoms with van der Waals surface area (Å²) in [5.74, 6) is 0.434. The van der Waals surface area contributed by atoms with Gasteiger partial charge in [-0.25, -0.2) is 0 Å². The van der Waals surface area contributed by atoms with Crippen LogP contribution in [-0.4, -0.2) is 72.6 Å². The normalized spacial score (nSPS) is 31.8. The van der Waals surface area contributed by atoms with Crippen LogP contribution < -0.4 is 5.32 Å². The van der Waals surface area contributed by atoms with Crippen LogP contribution >= 0.6 is 0 Å². The van der Waals surface area contributed by atoms with E-state index in [1.807, 2.05) is 16.7 Å². The van der Waals surface area contributed by atoms with Crippen LogP contribution in [-0.2, 0) is 14.3 Å². The Morgan fingerprint density at radius 2 is 2.05 bits per heavy atom. The summed E-state index contributed by atoms with van der Waals surface area (Å²) >= 11 is 0. The molecule has 0 aromatic heterocycles. The van der Waals surface area contributed by atoms with Crippen LogP contribution in [0.1, 0.15) is 32.6 Å². The Morgan fingerprint density at radius 3 is 2.67 bits per heavy atom. The van der Waals surface area contributed by atoms with Gasteiger partial charge in [0.2, 0.25) is 11.8 Å². The predicted molar refractivity (Wildman–Crippen MR) is 77.8 cm³/mol. The van der Waals surface area contributed by atoms with Gasteiger partial charge in [-0.05, 0) is 26.2 Å². The molecule has 3 aliphatic heterocycles. The largest absolute Gasteiger partial charge is 0.375 e. The van der Waals surface area contributed by atoms with E-state index < -0.39 is 0 Å². The monoisotopic (exact) mass is 295 g/mol. The van der Waals surface area contributed by atoms with Crippen molar-refractivity contribution >= 4 is 11.8 Å². The van der Waals surface area contributed by atoms with Gasteiger partial charge in [0, 0.05) is 38.6 Å². The first kappa shape index (κ1) is 14.8. The molecule has 3 heterocycles. The van der Waals surface area contributed by atoms with E-state index in [0.29, 0.717) is 19.1 Å². The summed E-state index contributed by atoms with van der Waals surface area (Å²) in [5.41, 5.74) is 0. The van der Waals surface area contributed by atoms with Crippen molar-refractivity contribution in [3.8, 4) is 0 Å². The molecule has 3 saturated heterocycles. The molecule has 1 N–H and O–H groups in total. The molecule has 0 unspecified atom stereocenters. The van der Waals surface area contributed by atoms with Crippen molar-refractivity contribution in [3.05, 3.63) is 0 Å². The van der Waals surface area contributed by atoms with Gasteiger partial charge in [0.15, 0.2) is 0 Å². The second-order valence-electron chi connectivity index (χ2n) is 6.25. The summed E-state index contributed by atoms with van der Waals surface area (Å²) in [6.07, 6.45) is 3.42.